The largest absolute Gasteiger partial charge is 0.481 e. The number of ether oxygens (including phenoxy) is 1. The Kier molecular flexibility index (Phi) is 12.1. The van der Waals surface area contributed by atoms with Crippen LogP contribution in [0.15, 0.2) is 42.6 Å². The smallest absolute Gasteiger partial charge is 0.314 e. The first-order chi connectivity index (χ1) is 15.5. The number of aromatic nitrogens is 1. The van der Waals surface area contributed by atoms with Gasteiger partial charge in [-0.25, -0.2) is 4.98 Å². The molecule has 5 nitrogen and oxygen atoms in total. The van der Waals surface area contributed by atoms with Crippen molar-refractivity contribution in [2.24, 2.45) is 0 Å². The van der Waals surface area contributed by atoms with Gasteiger partial charge in [-0.3, -0.25) is 4.79 Å². The van der Waals surface area contributed by atoms with E-state index in [2.05, 4.69) is 36.0 Å². The third kappa shape index (κ3) is 9.58. The molecule has 1 unspecified atom stereocenters. The summed E-state index contributed by atoms with van der Waals surface area (Å²) in [5.41, 5.74) is 2.02. The summed E-state index contributed by atoms with van der Waals surface area (Å²) in [4.78, 5) is 17.0. The molecule has 0 amide bonds. The summed E-state index contributed by atoms with van der Waals surface area (Å²) in [6.07, 6.45) is 12.7. The summed E-state index contributed by atoms with van der Waals surface area (Å²) in [5, 5.41) is 9.57. The maximum atomic E-state index is 10.7. The van der Waals surface area contributed by atoms with Crippen LogP contribution in [0.5, 0.6) is 5.88 Å². The van der Waals surface area contributed by atoms with Crippen LogP contribution < -0.4 is 4.74 Å². The molecule has 6 heteroatoms. The number of hydrogen-bond acceptors (Lipinski definition) is 4. The van der Waals surface area contributed by atoms with E-state index in [-0.39, 0.29) is 6.61 Å². The minimum atomic E-state index is -0.859. The maximum absolute atomic E-state index is 10.7. The first-order valence-corrected chi connectivity index (χ1v) is 12.1. The van der Waals surface area contributed by atoms with Crippen molar-refractivity contribution >= 4 is 17.6 Å². The number of carboxylic acids is 1. The second-order valence-electron chi connectivity index (χ2n) is 8.44. The van der Waals surface area contributed by atoms with E-state index in [0.717, 1.165) is 11.6 Å². The van der Waals surface area contributed by atoms with Gasteiger partial charge in [0, 0.05) is 23.3 Å². The highest BCUT2D eigenvalue weighted by Gasteiger charge is 2.30. The Morgan fingerprint density at radius 3 is 2.41 bits per heavy atom. The summed E-state index contributed by atoms with van der Waals surface area (Å²) in [5.74, 6) is -0.958. The highest BCUT2D eigenvalue weighted by molar-refractivity contribution is 6.30. The van der Waals surface area contributed by atoms with Gasteiger partial charge in [0.15, 0.2) is 0 Å². The lowest BCUT2D eigenvalue weighted by Crippen LogP contribution is -2.18. The van der Waals surface area contributed by atoms with E-state index in [9.17, 15) is 4.79 Å². The Labute approximate surface area is 197 Å². The van der Waals surface area contributed by atoms with Crippen LogP contribution in [-0.4, -0.2) is 41.2 Å². The SMILES string of the molecule is CCCCCCCCCCN(C)Cc1ccc(Cl)cc1.O=C(O)C1COc2ncccc21. The molecule has 2 aromatic rings. The molecule has 2 heterocycles. The molecule has 0 spiro atoms. The van der Waals surface area contributed by atoms with Crippen LogP contribution in [0.2, 0.25) is 5.02 Å². The Hall–Kier alpha value is -2.11. The van der Waals surface area contributed by atoms with Crippen molar-refractivity contribution in [3.63, 3.8) is 0 Å². The second-order valence-corrected chi connectivity index (χ2v) is 8.88. The Balaban J connectivity index is 0.000000255. The number of nitrogens with zero attached hydrogens (tertiary/aromatic N) is 2. The standard InChI is InChI=1S/C18H30ClN.C8H7NO3/c1-3-4-5-6-7-8-9-10-15-20(2)16-17-11-13-18(19)14-12-17;10-8(11)6-4-12-7-5(6)2-1-3-9-7/h11-14H,3-10,15-16H2,1-2H3;1-3,6H,4H2,(H,10,11). The highest BCUT2D eigenvalue weighted by Crippen LogP contribution is 2.31. The molecule has 1 aliphatic heterocycles. The third-order valence-corrected chi connectivity index (χ3v) is 5.87. The van der Waals surface area contributed by atoms with Crippen LogP contribution in [0.25, 0.3) is 0 Å². The molecule has 1 aromatic heterocycles. The lowest BCUT2D eigenvalue weighted by molar-refractivity contribution is -0.138. The van der Waals surface area contributed by atoms with Crippen LogP contribution in [-0.2, 0) is 11.3 Å². The summed E-state index contributed by atoms with van der Waals surface area (Å²) in [6.45, 7) is 4.68. The lowest BCUT2D eigenvalue weighted by atomic mass is 10.0. The van der Waals surface area contributed by atoms with Crippen molar-refractivity contribution in [1.29, 1.82) is 0 Å². The van der Waals surface area contributed by atoms with E-state index in [1.165, 1.54) is 63.5 Å². The quantitative estimate of drug-likeness (QED) is 0.363. The van der Waals surface area contributed by atoms with Gasteiger partial charge in [-0.2, -0.15) is 0 Å². The van der Waals surface area contributed by atoms with E-state index in [0.29, 0.717) is 11.4 Å². The molecule has 0 aliphatic carbocycles. The average molecular weight is 461 g/mol. The normalized spacial score (nSPS) is 14.4. The summed E-state index contributed by atoms with van der Waals surface area (Å²) >= 11 is 5.90. The van der Waals surface area contributed by atoms with Gasteiger partial charge in [-0.1, -0.05) is 81.7 Å². The van der Waals surface area contributed by atoms with Crippen LogP contribution in [0.3, 0.4) is 0 Å². The van der Waals surface area contributed by atoms with Gasteiger partial charge in [-0.05, 0) is 43.8 Å². The molecule has 1 aromatic carbocycles. The second kappa shape index (κ2) is 14.9. The number of fused-ring (bicyclic) bond motifs is 1. The van der Waals surface area contributed by atoms with Crippen LogP contribution in [0, 0.1) is 0 Å². The molecule has 0 saturated carbocycles. The molecule has 1 N–H and O–H groups in total. The Morgan fingerprint density at radius 1 is 1.09 bits per heavy atom. The number of rotatable bonds is 12. The number of benzene rings is 1. The number of hydrogen-bond donors (Lipinski definition) is 1. The first kappa shape index (κ1) is 26.1. The fourth-order valence-electron chi connectivity index (χ4n) is 3.74. The molecule has 0 bridgehead atoms. The average Bonchev–Trinajstić information content (AvgIpc) is 3.22. The van der Waals surface area contributed by atoms with E-state index in [1.54, 1.807) is 18.3 Å². The highest BCUT2D eigenvalue weighted by atomic mass is 35.5. The van der Waals surface area contributed by atoms with Gasteiger partial charge in [-0.15, -0.1) is 0 Å². The molecule has 0 radical (unpaired) electrons. The van der Waals surface area contributed by atoms with Gasteiger partial charge in [0.25, 0.3) is 0 Å². The Bertz CT molecular complexity index is 798. The summed E-state index contributed by atoms with van der Waals surface area (Å²) < 4.78 is 5.08. The van der Waals surface area contributed by atoms with Crippen LogP contribution in [0.4, 0.5) is 0 Å². The molecule has 1 aliphatic rings. The molecule has 32 heavy (non-hydrogen) atoms. The van der Waals surface area contributed by atoms with Gasteiger partial charge in [0.2, 0.25) is 5.88 Å². The van der Waals surface area contributed by atoms with E-state index in [1.807, 2.05) is 12.1 Å². The maximum Gasteiger partial charge on any atom is 0.314 e. The molecule has 176 valence electrons. The number of carbonyl (C=O) groups is 1. The zero-order valence-electron chi connectivity index (χ0n) is 19.4. The van der Waals surface area contributed by atoms with Gasteiger partial charge < -0.3 is 14.7 Å². The number of aliphatic carboxylic acids is 1. The van der Waals surface area contributed by atoms with Gasteiger partial charge >= 0.3 is 5.97 Å². The minimum Gasteiger partial charge on any atom is -0.481 e. The van der Waals surface area contributed by atoms with Gasteiger partial charge in [0.1, 0.15) is 12.5 Å². The van der Waals surface area contributed by atoms with E-state index < -0.39 is 11.9 Å². The van der Waals surface area contributed by atoms with Crippen molar-refractivity contribution < 1.29 is 14.6 Å². The summed E-state index contributed by atoms with van der Waals surface area (Å²) in [7, 11) is 2.20. The minimum absolute atomic E-state index is 0.196. The monoisotopic (exact) mass is 460 g/mol. The number of unbranched alkanes of at least 4 members (excludes halogenated alkanes) is 7. The van der Waals surface area contributed by atoms with Crippen molar-refractivity contribution in [3.05, 3.63) is 58.7 Å². The molecule has 0 saturated heterocycles. The zero-order chi connectivity index (χ0) is 23.2. The Morgan fingerprint density at radius 2 is 1.75 bits per heavy atom. The van der Waals surface area contributed by atoms with Crippen LogP contribution >= 0.6 is 11.6 Å². The molecule has 0 fully saturated rings. The molecule has 1 atom stereocenters. The fourth-order valence-corrected chi connectivity index (χ4v) is 3.87. The predicted molar refractivity (Wildman–Crippen MR) is 131 cm³/mol. The zero-order valence-corrected chi connectivity index (χ0v) is 20.2. The van der Waals surface area contributed by atoms with Crippen LogP contribution in [0.1, 0.15) is 75.3 Å². The fraction of sp³-hybridized carbons (Fsp3) is 0.538. The summed E-state index contributed by atoms with van der Waals surface area (Å²) in [6, 6.07) is 11.6. The lowest BCUT2D eigenvalue weighted by Gasteiger charge is -2.16. The topological polar surface area (TPSA) is 62.7 Å². The van der Waals surface area contributed by atoms with Gasteiger partial charge in [0.05, 0.1) is 0 Å². The molecular formula is C26H37ClN2O3. The van der Waals surface area contributed by atoms with Crippen molar-refractivity contribution in [2.45, 2.75) is 70.8 Å². The molecule has 3 rings (SSSR count). The van der Waals surface area contributed by atoms with E-state index >= 15 is 0 Å². The first-order valence-electron chi connectivity index (χ1n) is 11.7. The van der Waals surface area contributed by atoms with E-state index in [4.69, 9.17) is 21.4 Å². The number of pyridine rings is 1. The van der Waals surface area contributed by atoms with Crippen molar-refractivity contribution in [1.82, 2.24) is 9.88 Å². The van der Waals surface area contributed by atoms with Crippen molar-refractivity contribution in [3.8, 4) is 5.88 Å². The number of halogens is 1. The molecular weight excluding hydrogens is 424 g/mol. The number of carboxylic acid groups (broad SMARTS) is 1. The predicted octanol–water partition coefficient (Wildman–Crippen LogP) is 6.55. The van der Waals surface area contributed by atoms with Crippen molar-refractivity contribution in [2.75, 3.05) is 20.2 Å². The third-order valence-electron chi connectivity index (χ3n) is 5.62.